The Morgan fingerprint density at radius 1 is 1.53 bits per heavy atom. The van der Waals surface area contributed by atoms with Crippen molar-refractivity contribution in [3.05, 3.63) is 34.9 Å². The maximum Gasteiger partial charge on any atom is 0.108 e. The van der Waals surface area contributed by atoms with Gasteiger partial charge in [-0.15, -0.1) is 11.6 Å². The maximum atomic E-state index is 13.1. The molecule has 1 aliphatic carbocycles. The van der Waals surface area contributed by atoms with Crippen molar-refractivity contribution < 1.29 is 4.39 Å². The molecule has 15 heavy (non-hydrogen) atoms. The topological polar surface area (TPSA) is 0 Å². The van der Waals surface area contributed by atoms with Gasteiger partial charge in [-0.25, -0.2) is 4.39 Å². The molecule has 1 saturated carbocycles. The van der Waals surface area contributed by atoms with E-state index >= 15 is 0 Å². The highest BCUT2D eigenvalue weighted by Gasteiger charge is 2.55. The lowest BCUT2D eigenvalue weighted by atomic mass is 9.98. The number of hydrogen-bond acceptors (Lipinski definition) is 0. The van der Waals surface area contributed by atoms with Crippen LogP contribution in [-0.4, -0.2) is 11.5 Å². The van der Waals surface area contributed by atoms with Crippen LogP contribution in [0, 0.1) is 5.41 Å². The predicted octanol–water partition coefficient (Wildman–Crippen LogP) is 4.24. The lowest BCUT2D eigenvalue weighted by molar-refractivity contribution is 0.366. The molecule has 0 bridgehead atoms. The first-order chi connectivity index (χ1) is 7.04. The van der Waals surface area contributed by atoms with Gasteiger partial charge in [0.15, 0.2) is 0 Å². The third-order valence-corrected chi connectivity index (χ3v) is 4.27. The average molecular weight is 247 g/mol. The Hall–Kier alpha value is -0.270. The SMILES string of the molecule is CC1(C(Cl)Cc2ccccc2Cl)CC1F. The molecular formula is C12H13Cl2F. The number of rotatable bonds is 3. The van der Waals surface area contributed by atoms with E-state index in [1.54, 1.807) is 0 Å². The molecule has 2 rings (SSSR count). The molecule has 0 aromatic heterocycles. The van der Waals surface area contributed by atoms with E-state index in [2.05, 4.69) is 0 Å². The van der Waals surface area contributed by atoms with E-state index < -0.39 is 6.17 Å². The normalized spacial score (nSPS) is 31.3. The smallest absolute Gasteiger partial charge is 0.108 e. The molecule has 0 spiro atoms. The Labute approximate surface area is 99.4 Å². The summed E-state index contributed by atoms with van der Waals surface area (Å²) in [6.45, 7) is 1.90. The van der Waals surface area contributed by atoms with E-state index in [-0.39, 0.29) is 10.8 Å². The Kier molecular flexibility index (Phi) is 2.96. The maximum absolute atomic E-state index is 13.1. The highest BCUT2D eigenvalue weighted by molar-refractivity contribution is 6.31. The molecule has 0 N–H and O–H groups in total. The van der Waals surface area contributed by atoms with E-state index in [9.17, 15) is 4.39 Å². The third kappa shape index (κ3) is 2.14. The molecule has 1 fully saturated rings. The standard InChI is InChI=1S/C12H13Cl2F/c1-12(7-11(12)15)10(14)6-8-4-2-3-5-9(8)13/h2-5,10-11H,6-7H2,1H3. The molecule has 1 aliphatic rings. The number of hydrogen-bond donors (Lipinski definition) is 0. The molecule has 1 aromatic rings. The molecular weight excluding hydrogens is 234 g/mol. The summed E-state index contributed by atoms with van der Waals surface area (Å²) in [6.07, 6.45) is 0.464. The van der Waals surface area contributed by atoms with Crippen molar-refractivity contribution in [3.8, 4) is 0 Å². The van der Waals surface area contributed by atoms with Crippen molar-refractivity contribution >= 4 is 23.2 Å². The molecule has 0 amide bonds. The quantitative estimate of drug-likeness (QED) is 0.701. The molecule has 82 valence electrons. The summed E-state index contributed by atoms with van der Waals surface area (Å²) < 4.78 is 13.1. The molecule has 1 aromatic carbocycles. The summed E-state index contributed by atoms with van der Waals surface area (Å²) in [6, 6.07) is 7.58. The highest BCUT2D eigenvalue weighted by Crippen LogP contribution is 2.53. The molecule has 3 atom stereocenters. The van der Waals surface area contributed by atoms with Crippen molar-refractivity contribution in [1.82, 2.24) is 0 Å². The average Bonchev–Trinajstić information content (AvgIpc) is 2.80. The summed E-state index contributed by atoms with van der Waals surface area (Å²) in [5, 5.41) is 0.537. The Bertz CT molecular complexity index is 366. The van der Waals surface area contributed by atoms with Gasteiger partial charge >= 0.3 is 0 Å². The predicted molar refractivity (Wildman–Crippen MR) is 62.4 cm³/mol. The van der Waals surface area contributed by atoms with Gasteiger partial charge in [-0.1, -0.05) is 36.7 Å². The fourth-order valence-corrected chi connectivity index (χ4v) is 2.35. The zero-order valence-electron chi connectivity index (χ0n) is 8.51. The van der Waals surface area contributed by atoms with Gasteiger partial charge < -0.3 is 0 Å². The van der Waals surface area contributed by atoms with Crippen LogP contribution in [0.3, 0.4) is 0 Å². The Balaban J connectivity index is 2.07. The van der Waals surface area contributed by atoms with E-state index in [0.717, 1.165) is 5.56 Å². The van der Waals surface area contributed by atoms with E-state index in [4.69, 9.17) is 23.2 Å². The van der Waals surface area contributed by atoms with Crippen LogP contribution in [-0.2, 0) is 6.42 Å². The van der Waals surface area contributed by atoms with E-state index in [1.165, 1.54) is 0 Å². The summed E-state index contributed by atoms with van der Waals surface area (Å²) in [5.41, 5.74) is 0.653. The minimum Gasteiger partial charge on any atom is -0.247 e. The molecule has 0 aliphatic heterocycles. The van der Waals surface area contributed by atoms with Gasteiger partial charge in [0.2, 0.25) is 0 Å². The van der Waals surface area contributed by atoms with Gasteiger partial charge in [0.05, 0.1) is 0 Å². The molecule has 0 saturated heterocycles. The third-order valence-electron chi connectivity index (χ3n) is 3.25. The zero-order chi connectivity index (χ0) is 11.1. The zero-order valence-corrected chi connectivity index (χ0v) is 10.0. The Morgan fingerprint density at radius 2 is 2.13 bits per heavy atom. The number of halogens is 3. The summed E-state index contributed by atoms with van der Waals surface area (Å²) in [7, 11) is 0. The largest absolute Gasteiger partial charge is 0.247 e. The Morgan fingerprint density at radius 3 is 2.67 bits per heavy atom. The number of benzene rings is 1. The lowest BCUT2D eigenvalue weighted by Gasteiger charge is -2.17. The van der Waals surface area contributed by atoms with Crippen LogP contribution >= 0.6 is 23.2 Å². The lowest BCUT2D eigenvalue weighted by Crippen LogP contribution is -2.18. The first-order valence-electron chi connectivity index (χ1n) is 5.05. The van der Waals surface area contributed by atoms with Crippen molar-refractivity contribution in [3.63, 3.8) is 0 Å². The van der Waals surface area contributed by atoms with Crippen LogP contribution in [0.1, 0.15) is 18.9 Å². The second kappa shape index (κ2) is 3.95. The second-order valence-corrected chi connectivity index (χ2v) is 5.37. The summed E-state index contributed by atoms with van der Waals surface area (Å²) in [4.78, 5) is 0. The van der Waals surface area contributed by atoms with Crippen molar-refractivity contribution in [1.29, 1.82) is 0 Å². The molecule has 0 heterocycles. The fourth-order valence-electron chi connectivity index (χ4n) is 1.74. The number of alkyl halides is 2. The first kappa shape index (κ1) is 11.2. The fraction of sp³-hybridized carbons (Fsp3) is 0.500. The summed E-state index contributed by atoms with van der Waals surface area (Å²) in [5.74, 6) is 0. The van der Waals surface area contributed by atoms with Crippen LogP contribution in [0.5, 0.6) is 0 Å². The van der Waals surface area contributed by atoms with Crippen LogP contribution in [0.2, 0.25) is 5.02 Å². The van der Waals surface area contributed by atoms with Gasteiger partial charge in [-0.05, 0) is 24.5 Å². The summed E-state index contributed by atoms with van der Waals surface area (Å²) >= 11 is 12.2. The monoisotopic (exact) mass is 246 g/mol. The minimum atomic E-state index is -0.748. The van der Waals surface area contributed by atoms with Gasteiger partial charge in [-0.3, -0.25) is 0 Å². The van der Waals surface area contributed by atoms with Crippen molar-refractivity contribution in [2.24, 2.45) is 5.41 Å². The van der Waals surface area contributed by atoms with Gasteiger partial charge in [-0.2, -0.15) is 0 Å². The second-order valence-electron chi connectivity index (χ2n) is 4.44. The van der Waals surface area contributed by atoms with E-state index in [1.807, 2.05) is 31.2 Å². The van der Waals surface area contributed by atoms with Gasteiger partial charge in [0, 0.05) is 15.8 Å². The highest BCUT2D eigenvalue weighted by atomic mass is 35.5. The molecule has 0 radical (unpaired) electrons. The van der Waals surface area contributed by atoms with E-state index in [0.29, 0.717) is 17.9 Å². The minimum absolute atomic E-state index is 0.174. The van der Waals surface area contributed by atoms with Gasteiger partial charge in [0.25, 0.3) is 0 Å². The van der Waals surface area contributed by atoms with Crippen molar-refractivity contribution in [2.45, 2.75) is 31.3 Å². The first-order valence-corrected chi connectivity index (χ1v) is 5.87. The molecule has 0 nitrogen and oxygen atoms in total. The van der Waals surface area contributed by atoms with Crippen molar-refractivity contribution in [2.75, 3.05) is 0 Å². The van der Waals surface area contributed by atoms with Crippen LogP contribution in [0.25, 0.3) is 0 Å². The molecule has 3 unspecified atom stereocenters. The van der Waals surface area contributed by atoms with Crippen LogP contribution in [0.15, 0.2) is 24.3 Å². The molecule has 3 heteroatoms. The van der Waals surface area contributed by atoms with Crippen LogP contribution in [0.4, 0.5) is 4.39 Å². The van der Waals surface area contributed by atoms with Gasteiger partial charge in [0.1, 0.15) is 6.17 Å². The van der Waals surface area contributed by atoms with Crippen LogP contribution < -0.4 is 0 Å².